The number of carbonyl (C=O) groups is 2. The number of carbonyl (C=O) groups excluding carboxylic acids is 2. The number of rotatable bonds is 9. The van der Waals surface area contributed by atoms with E-state index in [1.807, 2.05) is 36.4 Å². The van der Waals surface area contributed by atoms with Crippen molar-refractivity contribution in [2.24, 2.45) is 0 Å². The van der Waals surface area contributed by atoms with Gasteiger partial charge in [-0.25, -0.2) is 13.2 Å². The molecule has 0 saturated heterocycles. The number of methoxy groups -OCH3 is 1. The van der Waals surface area contributed by atoms with Crippen LogP contribution in [0, 0.1) is 0 Å². The van der Waals surface area contributed by atoms with Crippen molar-refractivity contribution in [2.75, 3.05) is 20.3 Å². The molecule has 0 aliphatic carbocycles. The highest BCUT2D eigenvalue weighted by Crippen LogP contribution is 2.25. The van der Waals surface area contributed by atoms with Gasteiger partial charge in [0, 0.05) is 11.5 Å². The molecular weight excluding hydrogens is 444 g/mol. The number of fused-ring (bicyclic) bond motifs is 1. The molecule has 33 heavy (non-hydrogen) atoms. The zero-order chi connectivity index (χ0) is 23.8. The van der Waals surface area contributed by atoms with Crippen LogP contribution in [-0.2, 0) is 28.9 Å². The van der Waals surface area contributed by atoms with E-state index in [2.05, 4.69) is 0 Å². The predicted molar refractivity (Wildman–Crippen MR) is 124 cm³/mol. The first kappa shape index (κ1) is 24.0. The summed E-state index contributed by atoms with van der Waals surface area (Å²) in [6, 6.07) is 19.1. The molecule has 0 radical (unpaired) electrons. The predicted octanol–water partition coefficient (Wildman–Crippen LogP) is 4.03. The Kier molecular flexibility index (Phi) is 7.84. The molecule has 0 amide bonds. The van der Waals surface area contributed by atoms with Crippen LogP contribution in [0.4, 0.5) is 0 Å². The van der Waals surface area contributed by atoms with Crippen LogP contribution in [0.5, 0.6) is 5.75 Å². The molecule has 0 aliphatic heterocycles. The molecule has 0 saturated carbocycles. The van der Waals surface area contributed by atoms with Crippen LogP contribution in [0.3, 0.4) is 0 Å². The average Bonchev–Trinajstić information content (AvgIpc) is 2.84. The molecule has 0 aliphatic rings. The Bertz CT molecular complexity index is 1260. The van der Waals surface area contributed by atoms with E-state index in [4.69, 9.17) is 14.2 Å². The molecule has 8 heteroatoms. The van der Waals surface area contributed by atoms with Crippen LogP contribution in [0.1, 0.15) is 18.4 Å². The van der Waals surface area contributed by atoms with E-state index in [-0.39, 0.29) is 18.1 Å². The number of sulfone groups is 1. The van der Waals surface area contributed by atoms with Gasteiger partial charge in [0.05, 0.1) is 17.9 Å². The second kappa shape index (κ2) is 10.8. The highest BCUT2D eigenvalue weighted by Gasteiger charge is 2.17. The third-order valence-electron chi connectivity index (χ3n) is 4.95. The number of esters is 2. The van der Waals surface area contributed by atoms with Gasteiger partial charge in [0.25, 0.3) is 0 Å². The molecule has 3 rings (SSSR count). The highest BCUT2D eigenvalue weighted by molar-refractivity contribution is 7.94. The summed E-state index contributed by atoms with van der Waals surface area (Å²) in [6.07, 6.45) is 0.830. The molecule has 0 heterocycles. The average molecular weight is 469 g/mol. The van der Waals surface area contributed by atoms with Crippen LogP contribution in [-0.4, -0.2) is 40.7 Å². The Morgan fingerprint density at radius 1 is 0.909 bits per heavy atom. The summed E-state index contributed by atoms with van der Waals surface area (Å²) in [5.41, 5.74) is 0.795. The van der Waals surface area contributed by atoms with E-state index in [9.17, 15) is 18.0 Å². The topological polar surface area (TPSA) is 96.0 Å². The van der Waals surface area contributed by atoms with Crippen LogP contribution in [0.15, 0.2) is 83.1 Å². The fourth-order valence-corrected chi connectivity index (χ4v) is 4.05. The lowest BCUT2D eigenvalue weighted by Gasteiger charge is -2.13. The third kappa shape index (κ3) is 6.43. The van der Waals surface area contributed by atoms with Gasteiger partial charge < -0.3 is 14.2 Å². The number of hydrogen-bond acceptors (Lipinski definition) is 7. The quantitative estimate of drug-likeness (QED) is 0.266. The van der Waals surface area contributed by atoms with Crippen molar-refractivity contribution in [1.82, 2.24) is 0 Å². The fraction of sp³-hybridized carbons (Fsp3) is 0.200. The van der Waals surface area contributed by atoms with E-state index in [1.165, 1.54) is 12.1 Å². The van der Waals surface area contributed by atoms with Crippen LogP contribution >= 0.6 is 0 Å². The van der Waals surface area contributed by atoms with Gasteiger partial charge in [-0.3, -0.25) is 4.79 Å². The lowest BCUT2D eigenvalue weighted by molar-refractivity contribution is -0.150. The van der Waals surface area contributed by atoms with E-state index in [0.29, 0.717) is 0 Å². The van der Waals surface area contributed by atoms with Gasteiger partial charge in [0.15, 0.2) is 9.84 Å². The van der Waals surface area contributed by atoms with E-state index in [0.717, 1.165) is 33.6 Å². The van der Waals surface area contributed by atoms with Crippen molar-refractivity contribution in [1.29, 1.82) is 0 Å². The van der Waals surface area contributed by atoms with Gasteiger partial charge >= 0.3 is 11.9 Å². The first-order valence-corrected chi connectivity index (χ1v) is 11.7. The smallest absolute Gasteiger partial charge is 0.331 e. The molecule has 1 unspecified atom stereocenters. The Hall–Kier alpha value is -3.65. The van der Waals surface area contributed by atoms with Crippen molar-refractivity contribution in [3.8, 4) is 5.75 Å². The molecule has 0 bridgehead atoms. The number of hydrogen-bond donors (Lipinski definition) is 0. The summed E-state index contributed by atoms with van der Waals surface area (Å²) in [6.45, 7) is 1.40. The Balaban J connectivity index is 1.48. The summed E-state index contributed by atoms with van der Waals surface area (Å²) in [4.78, 5) is 24.2. The van der Waals surface area contributed by atoms with Gasteiger partial charge in [-0.2, -0.15) is 0 Å². The molecule has 172 valence electrons. The molecular formula is C25H24O7S. The van der Waals surface area contributed by atoms with Crippen LogP contribution < -0.4 is 4.74 Å². The van der Waals surface area contributed by atoms with Crippen molar-refractivity contribution < 1.29 is 32.2 Å². The van der Waals surface area contributed by atoms with E-state index in [1.54, 1.807) is 32.2 Å². The maximum atomic E-state index is 12.4. The molecule has 0 spiro atoms. The van der Waals surface area contributed by atoms with E-state index >= 15 is 0 Å². The molecule has 3 aromatic carbocycles. The summed E-state index contributed by atoms with van der Waals surface area (Å²) in [7, 11) is -2.13. The van der Waals surface area contributed by atoms with Crippen molar-refractivity contribution >= 4 is 32.5 Å². The maximum Gasteiger partial charge on any atom is 0.331 e. The second-order valence-electron chi connectivity index (χ2n) is 7.19. The minimum atomic E-state index is -3.73. The lowest BCUT2D eigenvalue weighted by atomic mass is 9.98. The first-order chi connectivity index (χ1) is 15.8. The molecule has 0 fully saturated rings. The van der Waals surface area contributed by atoms with Crippen molar-refractivity contribution in [3.63, 3.8) is 0 Å². The highest BCUT2D eigenvalue weighted by atomic mass is 32.2. The van der Waals surface area contributed by atoms with Crippen molar-refractivity contribution in [2.45, 2.75) is 17.7 Å². The van der Waals surface area contributed by atoms with Gasteiger partial charge in [-0.05, 0) is 47.5 Å². The molecule has 0 aromatic heterocycles. The molecule has 7 nitrogen and oxygen atoms in total. The van der Waals surface area contributed by atoms with Crippen LogP contribution in [0.25, 0.3) is 10.8 Å². The summed E-state index contributed by atoms with van der Waals surface area (Å²) >= 11 is 0. The van der Waals surface area contributed by atoms with Gasteiger partial charge in [-0.15, -0.1) is 0 Å². The SMILES string of the molecule is COc1ccc2cc(C(C)C(=O)OCCOC(=O)/C=C/S(=O)(=O)c3ccccc3)ccc2c1. The van der Waals surface area contributed by atoms with Gasteiger partial charge in [0.1, 0.15) is 19.0 Å². The molecule has 3 aromatic rings. The third-order valence-corrected chi connectivity index (χ3v) is 6.38. The van der Waals surface area contributed by atoms with E-state index < -0.39 is 27.7 Å². The van der Waals surface area contributed by atoms with Gasteiger partial charge in [0.2, 0.25) is 0 Å². The monoisotopic (exact) mass is 468 g/mol. The maximum absolute atomic E-state index is 12.4. The molecule has 0 N–H and O–H groups in total. The minimum Gasteiger partial charge on any atom is -0.497 e. The fourth-order valence-electron chi connectivity index (χ4n) is 3.07. The Morgan fingerprint density at radius 2 is 1.58 bits per heavy atom. The number of ether oxygens (including phenoxy) is 3. The normalized spacial score (nSPS) is 12.4. The zero-order valence-electron chi connectivity index (χ0n) is 18.3. The minimum absolute atomic E-state index is 0.0739. The zero-order valence-corrected chi connectivity index (χ0v) is 19.1. The van der Waals surface area contributed by atoms with Crippen molar-refractivity contribution in [3.05, 3.63) is 83.8 Å². The summed E-state index contributed by atoms with van der Waals surface area (Å²) in [5.74, 6) is -1.06. The van der Waals surface area contributed by atoms with Crippen LogP contribution in [0.2, 0.25) is 0 Å². The summed E-state index contributed by atoms with van der Waals surface area (Å²) < 4.78 is 39.5. The second-order valence-corrected chi connectivity index (χ2v) is 9.02. The summed E-state index contributed by atoms with van der Waals surface area (Å²) in [5, 5.41) is 2.75. The Morgan fingerprint density at radius 3 is 2.30 bits per heavy atom. The Labute approximate surface area is 192 Å². The lowest BCUT2D eigenvalue weighted by Crippen LogP contribution is -2.17. The van der Waals surface area contributed by atoms with Gasteiger partial charge in [-0.1, -0.05) is 42.5 Å². The number of benzene rings is 3. The first-order valence-electron chi connectivity index (χ1n) is 10.2. The standard InChI is InChI=1S/C25H24O7S/c1-18(19-8-9-21-17-22(30-2)11-10-20(21)16-19)25(27)32-14-13-31-24(26)12-15-33(28,29)23-6-4-3-5-7-23/h3-12,15-18H,13-14H2,1-2H3/b15-12+. The molecule has 1 atom stereocenters. The largest absolute Gasteiger partial charge is 0.497 e.